The van der Waals surface area contributed by atoms with Crippen molar-refractivity contribution in [1.29, 1.82) is 0 Å². The van der Waals surface area contributed by atoms with Gasteiger partial charge in [0.25, 0.3) is 5.91 Å². The number of pyridine rings is 1. The lowest BCUT2D eigenvalue weighted by molar-refractivity contribution is -0.162. The lowest BCUT2D eigenvalue weighted by Crippen LogP contribution is -2.53. The third kappa shape index (κ3) is 3.66. The first-order valence-corrected chi connectivity index (χ1v) is 7.87. The number of carbonyl (C=O) groups is 2. The molecule has 1 aliphatic rings. The van der Waals surface area contributed by atoms with Crippen LogP contribution in [0.3, 0.4) is 0 Å². The highest BCUT2D eigenvalue weighted by Gasteiger charge is 2.41. The van der Waals surface area contributed by atoms with E-state index in [9.17, 15) is 14.0 Å². The molecule has 0 saturated carbocycles. The maximum atomic E-state index is 14.2. The number of carbonyl (C=O) groups excluding carboxylic acids is 2. The van der Waals surface area contributed by atoms with Crippen LogP contribution in [0, 0.1) is 5.82 Å². The highest BCUT2D eigenvalue weighted by atomic mass is 19.1. The van der Waals surface area contributed by atoms with Crippen molar-refractivity contribution in [3.63, 3.8) is 0 Å². The largest absolute Gasteiger partial charge is 0.356 e. The average molecular weight is 343 g/mol. The molecule has 0 aliphatic carbocycles. The maximum Gasteiger partial charge on any atom is 0.252 e. The molecule has 1 aromatic heterocycles. The van der Waals surface area contributed by atoms with E-state index < -0.39 is 23.9 Å². The Kier molecular flexibility index (Phi) is 5.04. The number of halogens is 1. The molecule has 2 aromatic rings. The number of nitrogens with one attached hydrogen (secondary N) is 1. The van der Waals surface area contributed by atoms with Gasteiger partial charge in [0.2, 0.25) is 5.91 Å². The Bertz CT molecular complexity index is 769. The van der Waals surface area contributed by atoms with Crippen LogP contribution in [-0.4, -0.2) is 41.5 Å². The van der Waals surface area contributed by atoms with Crippen LogP contribution in [0.15, 0.2) is 48.7 Å². The Hall–Kier alpha value is -2.80. The van der Waals surface area contributed by atoms with E-state index >= 15 is 0 Å². The Morgan fingerprint density at radius 1 is 1.32 bits per heavy atom. The van der Waals surface area contributed by atoms with Crippen LogP contribution in [0.25, 0.3) is 0 Å². The minimum atomic E-state index is -0.997. The van der Waals surface area contributed by atoms with Crippen molar-refractivity contribution in [1.82, 2.24) is 15.2 Å². The van der Waals surface area contributed by atoms with E-state index in [1.807, 2.05) is 6.07 Å². The van der Waals surface area contributed by atoms with Crippen LogP contribution in [0.1, 0.15) is 17.3 Å². The van der Waals surface area contributed by atoms with Gasteiger partial charge in [-0.3, -0.25) is 14.6 Å². The third-order valence-electron chi connectivity index (χ3n) is 4.14. The van der Waals surface area contributed by atoms with Crippen molar-refractivity contribution in [2.45, 2.75) is 18.7 Å². The molecule has 1 N–H and O–H groups in total. The van der Waals surface area contributed by atoms with E-state index in [1.54, 1.807) is 43.6 Å². The Balaban J connectivity index is 1.81. The van der Waals surface area contributed by atoms with Gasteiger partial charge in [0.15, 0.2) is 6.10 Å². The van der Waals surface area contributed by atoms with E-state index in [0.29, 0.717) is 5.69 Å². The molecule has 2 amide bonds. The lowest BCUT2D eigenvalue weighted by atomic mass is 9.97. The Labute approximate surface area is 144 Å². The number of hydrogen-bond donors (Lipinski definition) is 1. The van der Waals surface area contributed by atoms with Gasteiger partial charge >= 0.3 is 0 Å². The molecule has 6 nitrogen and oxygen atoms in total. The standard InChI is InChI=1S/C18H18FN3O3/c1-22-15(23)11-25-17(16(22)13-7-2-3-8-14(13)19)18(24)21-10-12-6-4-5-9-20-12/h2-9,16-17H,10-11H2,1H3,(H,21,24)/t16-,17-/m0/s1. The zero-order valence-electron chi connectivity index (χ0n) is 13.7. The summed E-state index contributed by atoms with van der Waals surface area (Å²) in [7, 11) is 1.54. The molecule has 1 fully saturated rings. The molecular weight excluding hydrogens is 325 g/mol. The fourth-order valence-corrected chi connectivity index (χ4v) is 2.80. The SMILES string of the molecule is CN1C(=O)CO[C@H](C(=O)NCc2ccccn2)[C@@H]1c1ccccc1F. The van der Waals surface area contributed by atoms with E-state index in [-0.39, 0.29) is 24.6 Å². The summed E-state index contributed by atoms with van der Waals surface area (Å²) in [6, 6.07) is 10.6. The monoisotopic (exact) mass is 343 g/mol. The molecule has 7 heteroatoms. The predicted octanol–water partition coefficient (Wildman–Crippen LogP) is 1.44. The summed E-state index contributed by atoms with van der Waals surface area (Å²) in [4.78, 5) is 30.1. The van der Waals surface area contributed by atoms with Crippen molar-refractivity contribution < 1.29 is 18.7 Å². The smallest absolute Gasteiger partial charge is 0.252 e. The zero-order valence-corrected chi connectivity index (χ0v) is 13.7. The van der Waals surface area contributed by atoms with Gasteiger partial charge in [-0.25, -0.2) is 4.39 Å². The second-order valence-electron chi connectivity index (χ2n) is 5.74. The van der Waals surface area contributed by atoms with Crippen molar-refractivity contribution in [2.24, 2.45) is 0 Å². The van der Waals surface area contributed by atoms with Crippen LogP contribution < -0.4 is 5.32 Å². The number of ether oxygens (including phenoxy) is 1. The quantitative estimate of drug-likeness (QED) is 0.912. The van der Waals surface area contributed by atoms with Crippen LogP contribution in [0.5, 0.6) is 0 Å². The first-order chi connectivity index (χ1) is 12.1. The molecule has 1 aliphatic heterocycles. The maximum absolute atomic E-state index is 14.2. The summed E-state index contributed by atoms with van der Waals surface area (Å²) in [6.45, 7) is 0.00428. The summed E-state index contributed by atoms with van der Waals surface area (Å²) in [6.07, 6.45) is 0.635. The molecule has 0 spiro atoms. The third-order valence-corrected chi connectivity index (χ3v) is 4.14. The predicted molar refractivity (Wildman–Crippen MR) is 87.7 cm³/mol. The first kappa shape index (κ1) is 17.0. The number of likely N-dealkylation sites (N-methyl/N-ethyl adjacent to an activating group) is 1. The summed E-state index contributed by atoms with van der Waals surface area (Å²) in [5.41, 5.74) is 0.939. The molecule has 0 radical (unpaired) electrons. The molecular formula is C18H18FN3O3. The fraction of sp³-hybridized carbons (Fsp3) is 0.278. The van der Waals surface area contributed by atoms with Crippen molar-refractivity contribution in [3.05, 3.63) is 65.7 Å². The highest BCUT2D eigenvalue weighted by Crippen LogP contribution is 2.30. The zero-order chi connectivity index (χ0) is 17.8. The number of benzene rings is 1. The van der Waals surface area contributed by atoms with Gasteiger partial charge in [-0.2, -0.15) is 0 Å². The molecule has 2 atom stereocenters. The average Bonchev–Trinajstić information content (AvgIpc) is 2.63. The van der Waals surface area contributed by atoms with Gasteiger partial charge in [0.1, 0.15) is 12.4 Å². The lowest BCUT2D eigenvalue weighted by Gasteiger charge is -2.38. The van der Waals surface area contributed by atoms with E-state index in [4.69, 9.17) is 4.74 Å². The van der Waals surface area contributed by atoms with Crippen LogP contribution >= 0.6 is 0 Å². The minimum absolute atomic E-state index is 0.219. The molecule has 3 rings (SSSR count). The Morgan fingerprint density at radius 2 is 2.08 bits per heavy atom. The van der Waals surface area contributed by atoms with Crippen molar-refractivity contribution in [3.8, 4) is 0 Å². The topological polar surface area (TPSA) is 71.5 Å². The van der Waals surface area contributed by atoms with Gasteiger partial charge in [-0.05, 0) is 18.2 Å². The second kappa shape index (κ2) is 7.40. The molecule has 0 unspecified atom stereocenters. The second-order valence-corrected chi connectivity index (χ2v) is 5.74. The van der Waals surface area contributed by atoms with Crippen LogP contribution in [0.4, 0.5) is 4.39 Å². The van der Waals surface area contributed by atoms with Gasteiger partial charge in [0.05, 0.1) is 18.3 Å². The molecule has 2 heterocycles. The number of aromatic nitrogens is 1. The summed E-state index contributed by atoms with van der Waals surface area (Å²) in [5.74, 6) is -1.21. The van der Waals surface area contributed by atoms with Crippen LogP contribution in [-0.2, 0) is 20.9 Å². The van der Waals surface area contributed by atoms with E-state index in [2.05, 4.69) is 10.3 Å². The van der Waals surface area contributed by atoms with Crippen LogP contribution in [0.2, 0.25) is 0 Å². The summed E-state index contributed by atoms with van der Waals surface area (Å²) < 4.78 is 19.7. The fourth-order valence-electron chi connectivity index (χ4n) is 2.80. The number of nitrogens with zero attached hydrogens (tertiary/aromatic N) is 2. The van der Waals surface area contributed by atoms with Crippen molar-refractivity contribution >= 4 is 11.8 Å². The molecule has 25 heavy (non-hydrogen) atoms. The van der Waals surface area contributed by atoms with Gasteiger partial charge in [0, 0.05) is 18.8 Å². The number of amides is 2. The number of morpholine rings is 1. The highest BCUT2D eigenvalue weighted by molar-refractivity contribution is 5.86. The molecule has 130 valence electrons. The normalized spacial score (nSPS) is 20.4. The summed E-state index contributed by atoms with van der Waals surface area (Å²) >= 11 is 0. The Morgan fingerprint density at radius 3 is 2.80 bits per heavy atom. The van der Waals surface area contributed by atoms with Gasteiger partial charge in [-0.15, -0.1) is 0 Å². The molecule has 1 aromatic carbocycles. The number of hydrogen-bond acceptors (Lipinski definition) is 4. The molecule has 0 bridgehead atoms. The summed E-state index contributed by atoms with van der Waals surface area (Å²) in [5, 5.41) is 2.74. The first-order valence-electron chi connectivity index (χ1n) is 7.87. The minimum Gasteiger partial charge on any atom is -0.356 e. The van der Waals surface area contributed by atoms with Crippen molar-refractivity contribution in [2.75, 3.05) is 13.7 Å². The van der Waals surface area contributed by atoms with E-state index in [1.165, 1.54) is 11.0 Å². The van der Waals surface area contributed by atoms with Gasteiger partial charge in [-0.1, -0.05) is 24.3 Å². The van der Waals surface area contributed by atoms with Gasteiger partial charge < -0.3 is 15.0 Å². The molecule has 1 saturated heterocycles. The number of rotatable bonds is 4. The van der Waals surface area contributed by atoms with E-state index in [0.717, 1.165) is 0 Å².